The standard InChI is InChI=1S/C20H20F3N3O2/c1-19(2,3)12-8-9-16(27)14(10-12)24-17(28)11-26-15-7-5-4-6-13(15)25-18(26)20(21,22)23/h4-10,27H,11H2,1-3H3,(H,24,28). The van der Waals surface area contributed by atoms with E-state index in [0.29, 0.717) is 0 Å². The number of aromatic nitrogens is 2. The van der Waals surface area contributed by atoms with E-state index in [1.165, 1.54) is 18.2 Å². The molecule has 0 unspecified atom stereocenters. The summed E-state index contributed by atoms with van der Waals surface area (Å²) in [6.07, 6.45) is -4.70. The number of nitrogens with zero attached hydrogens (tertiary/aromatic N) is 2. The van der Waals surface area contributed by atoms with Crippen LogP contribution in [0.3, 0.4) is 0 Å². The van der Waals surface area contributed by atoms with Crippen molar-refractivity contribution in [3.05, 3.63) is 53.9 Å². The molecule has 0 aliphatic carbocycles. The molecule has 1 amide bonds. The molecular weight excluding hydrogens is 371 g/mol. The number of fused-ring (bicyclic) bond motifs is 1. The van der Waals surface area contributed by atoms with Crippen LogP contribution in [0.15, 0.2) is 42.5 Å². The average molecular weight is 391 g/mol. The van der Waals surface area contributed by atoms with Crippen LogP contribution in [0.25, 0.3) is 11.0 Å². The van der Waals surface area contributed by atoms with Gasteiger partial charge in [-0.1, -0.05) is 39.0 Å². The topological polar surface area (TPSA) is 67.2 Å². The largest absolute Gasteiger partial charge is 0.506 e. The SMILES string of the molecule is CC(C)(C)c1ccc(O)c(NC(=O)Cn2c(C(F)(F)F)nc3ccccc32)c1. The highest BCUT2D eigenvalue weighted by Gasteiger charge is 2.38. The summed E-state index contributed by atoms with van der Waals surface area (Å²) >= 11 is 0. The molecule has 0 radical (unpaired) electrons. The first kappa shape index (κ1) is 19.7. The van der Waals surface area contributed by atoms with Crippen molar-refractivity contribution in [3.8, 4) is 5.75 Å². The number of phenols is 1. The number of carbonyl (C=O) groups is 1. The van der Waals surface area contributed by atoms with E-state index in [9.17, 15) is 23.1 Å². The quantitative estimate of drug-likeness (QED) is 0.636. The van der Waals surface area contributed by atoms with Gasteiger partial charge in [-0.3, -0.25) is 4.79 Å². The number of phenolic OH excluding ortho intramolecular Hbond substituents is 1. The van der Waals surface area contributed by atoms with Gasteiger partial charge in [0.2, 0.25) is 11.7 Å². The molecule has 0 aliphatic heterocycles. The zero-order valence-corrected chi connectivity index (χ0v) is 15.6. The number of imidazole rings is 1. The van der Waals surface area contributed by atoms with Gasteiger partial charge in [-0.05, 0) is 35.2 Å². The maximum atomic E-state index is 13.4. The van der Waals surface area contributed by atoms with Crippen LogP contribution in [0.5, 0.6) is 5.75 Å². The van der Waals surface area contributed by atoms with Crippen LogP contribution in [0.2, 0.25) is 0 Å². The van der Waals surface area contributed by atoms with E-state index in [2.05, 4.69) is 10.3 Å². The molecule has 0 aliphatic rings. The van der Waals surface area contributed by atoms with Crippen molar-refractivity contribution < 1.29 is 23.1 Å². The lowest BCUT2D eigenvalue weighted by Crippen LogP contribution is -2.23. The summed E-state index contributed by atoms with van der Waals surface area (Å²) in [7, 11) is 0. The van der Waals surface area contributed by atoms with Crippen molar-refractivity contribution in [1.29, 1.82) is 0 Å². The molecule has 8 heteroatoms. The fourth-order valence-electron chi connectivity index (χ4n) is 2.89. The summed E-state index contributed by atoms with van der Waals surface area (Å²) in [5, 5.41) is 12.5. The number of alkyl halides is 3. The van der Waals surface area contributed by atoms with Gasteiger partial charge in [0.1, 0.15) is 12.3 Å². The third-order valence-electron chi connectivity index (χ3n) is 4.35. The van der Waals surface area contributed by atoms with Gasteiger partial charge in [0.15, 0.2) is 0 Å². The minimum absolute atomic E-state index is 0.149. The molecule has 0 spiro atoms. The van der Waals surface area contributed by atoms with Crippen LogP contribution >= 0.6 is 0 Å². The Morgan fingerprint density at radius 3 is 2.46 bits per heavy atom. The fourth-order valence-corrected chi connectivity index (χ4v) is 2.89. The highest BCUT2D eigenvalue weighted by atomic mass is 19.4. The van der Waals surface area contributed by atoms with Gasteiger partial charge in [0.25, 0.3) is 0 Å². The number of amides is 1. The lowest BCUT2D eigenvalue weighted by molar-refractivity contribution is -0.147. The highest BCUT2D eigenvalue weighted by molar-refractivity contribution is 5.93. The lowest BCUT2D eigenvalue weighted by atomic mass is 9.87. The van der Waals surface area contributed by atoms with Crippen LogP contribution in [0, 0.1) is 0 Å². The summed E-state index contributed by atoms with van der Waals surface area (Å²) in [4.78, 5) is 16.1. The molecule has 2 N–H and O–H groups in total. The van der Waals surface area contributed by atoms with Crippen molar-refractivity contribution in [2.24, 2.45) is 0 Å². The predicted molar refractivity (Wildman–Crippen MR) is 100 cm³/mol. The number of rotatable bonds is 3. The molecular formula is C20H20F3N3O2. The smallest absolute Gasteiger partial charge is 0.449 e. The second kappa shape index (κ2) is 6.85. The summed E-state index contributed by atoms with van der Waals surface area (Å²) in [5.74, 6) is -2.00. The maximum Gasteiger partial charge on any atom is 0.449 e. The van der Waals surface area contributed by atoms with Crippen molar-refractivity contribution in [3.63, 3.8) is 0 Å². The van der Waals surface area contributed by atoms with Gasteiger partial charge in [0.05, 0.1) is 16.7 Å². The van der Waals surface area contributed by atoms with Crippen LogP contribution in [0.4, 0.5) is 18.9 Å². The number of para-hydroxylation sites is 2. The first-order chi connectivity index (χ1) is 13.0. The molecule has 0 saturated heterocycles. The van der Waals surface area contributed by atoms with E-state index in [1.807, 2.05) is 20.8 Å². The molecule has 0 bridgehead atoms. The molecule has 1 aromatic heterocycles. The molecule has 3 aromatic rings. The van der Waals surface area contributed by atoms with E-state index in [0.717, 1.165) is 10.1 Å². The Bertz CT molecular complexity index is 1030. The fraction of sp³-hybridized carbons (Fsp3) is 0.300. The molecule has 5 nitrogen and oxygen atoms in total. The molecule has 3 rings (SSSR count). The summed E-state index contributed by atoms with van der Waals surface area (Å²) in [6, 6.07) is 10.9. The summed E-state index contributed by atoms with van der Waals surface area (Å²) < 4.78 is 40.9. The Kier molecular flexibility index (Phi) is 4.82. The second-order valence-electron chi connectivity index (χ2n) is 7.54. The Labute approximate surface area is 159 Å². The van der Waals surface area contributed by atoms with Crippen molar-refractivity contribution in [2.45, 2.75) is 38.9 Å². The van der Waals surface area contributed by atoms with Crippen molar-refractivity contribution >= 4 is 22.6 Å². The van der Waals surface area contributed by atoms with E-state index < -0.39 is 24.5 Å². The molecule has 2 aromatic carbocycles. The Balaban J connectivity index is 1.93. The zero-order chi connectivity index (χ0) is 20.7. The molecule has 1 heterocycles. The van der Waals surface area contributed by atoms with Gasteiger partial charge in [-0.25, -0.2) is 4.98 Å². The van der Waals surface area contributed by atoms with E-state index in [4.69, 9.17) is 0 Å². The number of halogens is 3. The molecule has 0 atom stereocenters. The minimum atomic E-state index is -4.70. The van der Waals surface area contributed by atoms with Gasteiger partial charge in [0, 0.05) is 0 Å². The number of benzene rings is 2. The van der Waals surface area contributed by atoms with E-state index in [-0.39, 0.29) is 27.9 Å². The van der Waals surface area contributed by atoms with Gasteiger partial charge in [-0.2, -0.15) is 13.2 Å². The molecule has 0 fully saturated rings. The first-order valence-corrected chi connectivity index (χ1v) is 8.62. The predicted octanol–water partition coefficient (Wildman–Crippen LogP) is 4.70. The molecule has 28 heavy (non-hydrogen) atoms. The minimum Gasteiger partial charge on any atom is -0.506 e. The zero-order valence-electron chi connectivity index (χ0n) is 15.6. The maximum absolute atomic E-state index is 13.4. The first-order valence-electron chi connectivity index (χ1n) is 8.62. The third kappa shape index (κ3) is 3.95. The molecule has 0 saturated carbocycles. The summed E-state index contributed by atoms with van der Waals surface area (Å²) in [6.45, 7) is 5.32. The Morgan fingerprint density at radius 1 is 1.14 bits per heavy atom. The normalized spacial score (nSPS) is 12.4. The van der Waals surface area contributed by atoms with Crippen molar-refractivity contribution in [2.75, 3.05) is 5.32 Å². The number of hydrogen-bond donors (Lipinski definition) is 2. The number of aromatic hydroxyl groups is 1. The third-order valence-corrected chi connectivity index (χ3v) is 4.35. The number of carbonyl (C=O) groups excluding carboxylic acids is 1. The van der Waals surface area contributed by atoms with Crippen LogP contribution in [-0.2, 0) is 22.9 Å². The number of anilines is 1. The average Bonchev–Trinajstić information content (AvgIpc) is 2.95. The van der Waals surface area contributed by atoms with Crippen LogP contribution < -0.4 is 5.32 Å². The highest BCUT2D eigenvalue weighted by Crippen LogP contribution is 2.33. The van der Waals surface area contributed by atoms with E-state index in [1.54, 1.807) is 24.3 Å². The van der Waals surface area contributed by atoms with Crippen LogP contribution in [-0.4, -0.2) is 20.6 Å². The number of hydrogen-bond acceptors (Lipinski definition) is 3. The second-order valence-corrected chi connectivity index (χ2v) is 7.54. The summed E-state index contributed by atoms with van der Waals surface area (Å²) in [5.41, 5.74) is 1.15. The lowest BCUT2D eigenvalue weighted by Gasteiger charge is -2.20. The van der Waals surface area contributed by atoms with Gasteiger partial charge >= 0.3 is 6.18 Å². The van der Waals surface area contributed by atoms with Crippen LogP contribution in [0.1, 0.15) is 32.2 Å². The Hall–Kier alpha value is -3.03. The van der Waals surface area contributed by atoms with Crippen molar-refractivity contribution in [1.82, 2.24) is 9.55 Å². The number of nitrogens with one attached hydrogen (secondary N) is 1. The van der Waals surface area contributed by atoms with Gasteiger partial charge < -0.3 is 15.0 Å². The van der Waals surface area contributed by atoms with E-state index >= 15 is 0 Å². The van der Waals surface area contributed by atoms with Gasteiger partial charge in [-0.15, -0.1) is 0 Å². The Morgan fingerprint density at radius 2 is 1.82 bits per heavy atom. The monoisotopic (exact) mass is 391 g/mol. The molecule has 148 valence electrons.